The quantitative estimate of drug-likeness (QED) is 0.664. The molecule has 0 spiro atoms. The lowest BCUT2D eigenvalue weighted by Gasteiger charge is -2.12. The van der Waals surface area contributed by atoms with E-state index >= 15 is 0 Å². The lowest BCUT2D eigenvalue weighted by Crippen LogP contribution is -2.30. The molecule has 2 aromatic carbocycles. The molecule has 132 valence electrons. The number of hydrogen-bond donors (Lipinski definition) is 2. The number of nitrogens with one attached hydrogen (secondary N) is 2. The number of aryl methyl sites for hydroxylation is 1. The van der Waals surface area contributed by atoms with Crippen molar-refractivity contribution in [3.63, 3.8) is 0 Å². The standard InChI is InChI=1S/C19H19N5O2/c25-18(12-16-13-6-1-2-7-14(13)19(26)21-16)20-10-5-11-24-17-9-4-3-8-15(17)22-23-24/h1-4,6-9,16H,5,10-12H2,(H,20,25)(H,21,26). The van der Waals surface area contributed by atoms with Crippen molar-refractivity contribution in [1.82, 2.24) is 25.6 Å². The molecular weight excluding hydrogens is 330 g/mol. The first-order valence-electron chi connectivity index (χ1n) is 8.67. The fourth-order valence-electron chi connectivity index (χ4n) is 3.28. The van der Waals surface area contributed by atoms with Crippen LogP contribution in [0.25, 0.3) is 11.0 Å². The van der Waals surface area contributed by atoms with Gasteiger partial charge in [0.15, 0.2) is 0 Å². The summed E-state index contributed by atoms with van der Waals surface area (Å²) in [6.07, 6.45) is 1.00. The Labute approximate surface area is 150 Å². The van der Waals surface area contributed by atoms with Crippen LogP contribution >= 0.6 is 0 Å². The van der Waals surface area contributed by atoms with Gasteiger partial charge in [-0.05, 0) is 30.2 Å². The summed E-state index contributed by atoms with van der Waals surface area (Å²) in [6, 6.07) is 14.9. The Hall–Kier alpha value is -3.22. The van der Waals surface area contributed by atoms with Crippen LogP contribution in [-0.2, 0) is 11.3 Å². The smallest absolute Gasteiger partial charge is 0.252 e. The van der Waals surface area contributed by atoms with Gasteiger partial charge in [-0.1, -0.05) is 35.5 Å². The maximum Gasteiger partial charge on any atom is 0.252 e. The number of para-hydroxylation sites is 1. The van der Waals surface area contributed by atoms with E-state index in [4.69, 9.17) is 0 Å². The monoisotopic (exact) mass is 349 g/mol. The van der Waals surface area contributed by atoms with Crippen LogP contribution in [0.5, 0.6) is 0 Å². The Bertz CT molecular complexity index is 965. The van der Waals surface area contributed by atoms with Gasteiger partial charge in [-0.3, -0.25) is 9.59 Å². The van der Waals surface area contributed by atoms with Crippen LogP contribution in [0.2, 0.25) is 0 Å². The number of carbonyl (C=O) groups excluding carboxylic acids is 2. The van der Waals surface area contributed by atoms with Gasteiger partial charge in [0.25, 0.3) is 5.91 Å². The minimum atomic E-state index is -0.252. The summed E-state index contributed by atoms with van der Waals surface area (Å²) in [7, 11) is 0. The Balaban J connectivity index is 1.27. The SMILES string of the molecule is O=C(CC1NC(=O)c2ccccc21)NCCCn1nnc2ccccc21. The lowest BCUT2D eigenvalue weighted by atomic mass is 10.0. The molecule has 1 aromatic heterocycles. The normalized spacial score (nSPS) is 15.7. The minimum Gasteiger partial charge on any atom is -0.356 e. The third kappa shape index (κ3) is 3.15. The molecule has 1 unspecified atom stereocenters. The molecule has 4 rings (SSSR count). The van der Waals surface area contributed by atoms with Crippen LogP contribution in [0.3, 0.4) is 0 Å². The number of fused-ring (bicyclic) bond motifs is 2. The molecule has 2 heterocycles. The Morgan fingerprint density at radius 3 is 2.88 bits per heavy atom. The first-order chi connectivity index (χ1) is 12.7. The number of benzene rings is 2. The van der Waals surface area contributed by atoms with Crippen LogP contribution in [-0.4, -0.2) is 33.4 Å². The van der Waals surface area contributed by atoms with E-state index in [0.29, 0.717) is 18.7 Å². The van der Waals surface area contributed by atoms with Gasteiger partial charge in [-0.25, -0.2) is 4.68 Å². The molecule has 1 aliphatic rings. The Kier molecular flexibility index (Phi) is 4.35. The van der Waals surface area contributed by atoms with Crippen LogP contribution in [0, 0.1) is 0 Å². The van der Waals surface area contributed by atoms with Crippen LogP contribution in [0.15, 0.2) is 48.5 Å². The van der Waals surface area contributed by atoms with Crippen molar-refractivity contribution in [3.05, 3.63) is 59.7 Å². The molecule has 7 nitrogen and oxygen atoms in total. The number of rotatable bonds is 6. The first kappa shape index (κ1) is 16.3. The number of aromatic nitrogens is 3. The van der Waals surface area contributed by atoms with E-state index in [2.05, 4.69) is 20.9 Å². The zero-order valence-electron chi connectivity index (χ0n) is 14.2. The molecule has 0 saturated carbocycles. The van der Waals surface area contributed by atoms with Gasteiger partial charge in [-0.15, -0.1) is 5.10 Å². The second kappa shape index (κ2) is 6.95. The molecule has 0 bridgehead atoms. The van der Waals surface area contributed by atoms with E-state index in [-0.39, 0.29) is 24.3 Å². The predicted molar refractivity (Wildman–Crippen MR) is 96.4 cm³/mol. The Morgan fingerprint density at radius 1 is 1.15 bits per heavy atom. The largest absolute Gasteiger partial charge is 0.356 e. The topological polar surface area (TPSA) is 88.9 Å². The van der Waals surface area contributed by atoms with Gasteiger partial charge < -0.3 is 10.6 Å². The summed E-state index contributed by atoms with van der Waals surface area (Å²) >= 11 is 0. The minimum absolute atomic E-state index is 0.0737. The molecule has 1 aliphatic heterocycles. The molecular formula is C19H19N5O2. The van der Waals surface area contributed by atoms with E-state index in [1.165, 1.54) is 0 Å². The molecule has 0 saturated heterocycles. The highest BCUT2D eigenvalue weighted by Crippen LogP contribution is 2.27. The van der Waals surface area contributed by atoms with E-state index in [1.807, 2.05) is 47.1 Å². The highest BCUT2D eigenvalue weighted by molar-refractivity contribution is 5.99. The van der Waals surface area contributed by atoms with Crippen molar-refractivity contribution in [1.29, 1.82) is 0 Å². The summed E-state index contributed by atoms with van der Waals surface area (Å²) in [5.41, 5.74) is 3.40. The van der Waals surface area contributed by atoms with E-state index in [9.17, 15) is 9.59 Å². The van der Waals surface area contributed by atoms with Crippen LogP contribution in [0.1, 0.15) is 34.8 Å². The molecule has 0 radical (unpaired) electrons. The first-order valence-corrected chi connectivity index (χ1v) is 8.67. The molecule has 3 aromatic rings. The van der Waals surface area contributed by atoms with Crippen molar-refractivity contribution in [2.24, 2.45) is 0 Å². The number of nitrogens with zero attached hydrogens (tertiary/aromatic N) is 3. The van der Waals surface area contributed by atoms with Crippen molar-refractivity contribution >= 4 is 22.8 Å². The van der Waals surface area contributed by atoms with Gasteiger partial charge in [-0.2, -0.15) is 0 Å². The molecule has 26 heavy (non-hydrogen) atoms. The number of amides is 2. The number of hydrogen-bond acceptors (Lipinski definition) is 4. The zero-order chi connectivity index (χ0) is 17.9. The summed E-state index contributed by atoms with van der Waals surface area (Å²) in [5, 5.41) is 14.0. The maximum atomic E-state index is 12.2. The lowest BCUT2D eigenvalue weighted by molar-refractivity contribution is -0.121. The third-order valence-electron chi connectivity index (χ3n) is 4.56. The molecule has 0 aliphatic carbocycles. The second-order valence-corrected chi connectivity index (χ2v) is 6.32. The van der Waals surface area contributed by atoms with Gasteiger partial charge in [0, 0.05) is 18.7 Å². The van der Waals surface area contributed by atoms with E-state index in [0.717, 1.165) is 23.0 Å². The number of carbonyl (C=O) groups is 2. The highest BCUT2D eigenvalue weighted by Gasteiger charge is 2.29. The maximum absolute atomic E-state index is 12.2. The molecule has 2 amide bonds. The van der Waals surface area contributed by atoms with Crippen molar-refractivity contribution in [2.45, 2.75) is 25.4 Å². The Morgan fingerprint density at radius 2 is 1.96 bits per heavy atom. The third-order valence-corrected chi connectivity index (χ3v) is 4.56. The van der Waals surface area contributed by atoms with Gasteiger partial charge >= 0.3 is 0 Å². The summed E-state index contributed by atoms with van der Waals surface area (Å²) in [6.45, 7) is 1.24. The average Bonchev–Trinajstić information content (AvgIpc) is 3.21. The van der Waals surface area contributed by atoms with E-state index < -0.39 is 0 Å². The molecule has 2 N–H and O–H groups in total. The van der Waals surface area contributed by atoms with Crippen molar-refractivity contribution in [2.75, 3.05) is 6.54 Å². The van der Waals surface area contributed by atoms with Crippen LogP contribution in [0.4, 0.5) is 0 Å². The van der Waals surface area contributed by atoms with Gasteiger partial charge in [0.05, 0.1) is 18.0 Å². The molecule has 1 atom stereocenters. The second-order valence-electron chi connectivity index (χ2n) is 6.32. The van der Waals surface area contributed by atoms with E-state index in [1.54, 1.807) is 6.07 Å². The highest BCUT2D eigenvalue weighted by atomic mass is 16.2. The van der Waals surface area contributed by atoms with Gasteiger partial charge in [0.1, 0.15) is 5.52 Å². The fourth-order valence-corrected chi connectivity index (χ4v) is 3.28. The van der Waals surface area contributed by atoms with Crippen molar-refractivity contribution < 1.29 is 9.59 Å². The summed E-state index contributed by atoms with van der Waals surface area (Å²) < 4.78 is 1.84. The average molecular weight is 349 g/mol. The zero-order valence-corrected chi connectivity index (χ0v) is 14.2. The molecule has 0 fully saturated rings. The van der Waals surface area contributed by atoms with Gasteiger partial charge in [0.2, 0.25) is 5.91 Å². The summed E-state index contributed by atoms with van der Waals surface area (Å²) in [4.78, 5) is 24.1. The van der Waals surface area contributed by atoms with Crippen molar-refractivity contribution in [3.8, 4) is 0 Å². The predicted octanol–water partition coefficient (Wildman–Crippen LogP) is 1.81. The summed E-state index contributed by atoms with van der Waals surface area (Å²) in [5.74, 6) is -0.188. The van der Waals surface area contributed by atoms with Crippen LogP contribution < -0.4 is 10.6 Å². The fraction of sp³-hybridized carbons (Fsp3) is 0.263. The molecule has 7 heteroatoms.